The lowest BCUT2D eigenvalue weighted by Gasteiger charge is -1.97. The minimum atomic E-state index is 0.874. The molecule has 0 fully saturated rings. The van der Waals surface area contributed by atoms with Gasteiger partial charge in [0, 0.05) is 6.42 Å². The lowest BCUT2D eigenvalue weighted by Crippen LogP contribution is -1.76. The first-order valence-corrected chi connectivity index (χ1v) is 11.0. The summed E-state index contributed by atoms with van der Waals surface area (Å²) in [6.07, 6.45) is 5.98. The molecule has 2 heterocycles. The van der Waals surface area contributed by atoms with Crippen molar-refractivity contribution >= 4 is 53.9 Å². The molecule has 0 atom stereocenters. The van der Waals surface area contributed by atoms with Gasteiger partial charge in [0.2, 0.25) is 0 Å². The second kappa shape index (κ2) is 8.09. The average Bonchev–Trinajstić information content (AvgIpc) is 3.23. The van der Waals surface area contributed by atoms with Crippen LogP contribution < -0.4 is 0 Å². The van der Waals surface area contributed by atoms with Gasteiger partial charge in [-0.05, 0) is 60.2 Å². The van der Waals surface area contributed by atoms with Crippen molar-refractivity contribution in [3.63, 3.8) is 0 Å². The van der Waals surface area contributed by atoms with Crippen molar-refractivity contribution in [1.29, 1.82) is 0 Å². The fourth-order valence-electron chi connectivity index (χ4n) is 3.09. The summed E-state index contributed by atoms with van der Waals surface area (Å²) in [4.78, 5) is 9.34. The van der Waals surface area contributed by atoms with Crippen molar-refractivity contribution in [2.75, 3.05) is 0 Å². The SMILES string of the molecule is CC#Cc1nc2cc3cc4sc(C#CCCCCCC)nc4cc3cc2s1. The predicted octanol–water partition coefficient (Wildman–Crippen LogP) is 6.75. The summed E-state index contributed by atoms with van der Waals surface area (Å²) in [6, 6.07) is 8.72. The predicted molar refractivity (Wildman–Crippen MR) is 118 cm³/mol. The van der Waals surface area contributed by atoms with E-state index in [-0.39, 0.29) is 0 Å². The zero-order valence-corrected chi connectivity index (χ0v) is 17.2. The number of benzene rings is 2. The Morgan fingerprint density at radius 1 is 0.815 bits per heavy atom. The summed E-state index contributed by atoms with van der Waals surface area (Å²) in [6.45, 7) is 4.07. The first-order valence-electron chi connectivity index (χ1n) is 9.33. The molecule has 0 bridgehead atoms. The highest BCUT2D eigenvalue weighted by Crippen LogP contribution is 2.32. The van der Waals surface area contributed by atoms with Crippen molar-refractivity contribution in [3.05, 3.63) is 34.3 Å². The van der Waals surface area contributed by atoms with E-state index >= 15 is 0 Å². The molecule has 0 saturated carbocycles. The van der Waals surface area contributed by atoms with Gasteiger partial charge in [-0.15, -0.1) is 22.7 Å². The van der Waals surface area contributed by atoms with E-state index in [2.05, 4.69) is 59.9 Å². The molecule has 2 aromatic carbocycles. The lowest BCUT2D eigenvalue weighted by atomic mass is 10.1. The van der Waals surface area contributed by atoms with E-state index in [4.69, 9.17) is 4.98 Å². The zero-order chi connectivity index (χ0) is 18.6. The van der Waals surface area contributed by atoms with Gasteiger partial charge in [0.1, 0.15) is 0 Å². The zero-order valence-electron chi connectivity index (χ0n) is 15.6. The van der Waals surface area contributed by atoms with E-state index in [0.717, 1.165) is 27.5 Å². The van der Waals surface area contributed by atoms with E-state index in [0.29, 0.717) is 0 Å². The van der Waals surface area contributed by atoms with E-state index in [1.165, 1.54) is 45.9 Å². The Hall–Kier alpha value is -2.40. The molecule has 0 saturated heterocycles. The minimum Gasteiger partial charge on any atom is -0.228 e. The van der Waals surface area contributed by atoms with Crippen LogP contribution >= 0.6 is 22.7 Å². The first-order chi connectivity index (χ1) is 13.3. The molecule has 0 N–H and O–H groups in total. The van der Waals surface area contributed by atoms with Gasteiger partial charge in [-0.25, -0.2) is 9.97 Å². The van der Waals surface area contributed by atoms with Crippen LogP contribution in [0.4, 0.5) is 0 Å². The third-order valence-corrected chi connectivity index (χ3v) is 6.30. The third-order valence-electron chi connectivity index (χ3n) is 4.44. The van der Waals surface area contributed by atoms with Crippen molar-refractivity contribution in [2.24, 2.45) is 0 Å². The second-order valence-corrected chi connectivity index (χ2v) is 8.57. The summed E-state index contributed by atoms with van der Waals surface area (Å²) >= 11 is 3.32. The quantitative estimate of drug-likeness (QED) is 0.285. The normalized spacial score (nSPS) is 10.7. The fraction of sp³-hybridized carbons (Fsp3) is 0.304. The minimum absolute atomic E-state index is 0.874. The Kier molecular flexibility index (Phi) is 5.39. The molecular weight excluding hydrogens is 368 g/mol. The number of nitrogens with zero attached hydrogens (tertiary/aromatic N) is 2. The molecule has 0 radical (unpaired) electrons. The highest BCUT2D eigenvalue weighted by atomic mass is 32.1. The molecule has 0 spiro atoms. The van der Waals surface area contributed by atoms with Crippen LogP contribution in [-0.4, -0.2) is 9.97 Å². The molecule has 27 heavy (non-hydrogen) atoms. The summed E-state index contributed by atoms with van der Waals surface area (Å²) in [7, 11) is 0. The van der Waals surface area contributed by atoms with Crippen LogP contribution in [0.3, 0.4) is 0 Å². The molecular formula is C23H20N2S2. The van der Waals surface area contributed by atoms with Crippen molar-refractivity contribution in [1.82, 2.24) is 9.97 Å². The molecule has 4 heteroatoms. The van der Waals surface area contributed by atoms with Crippen LogP contribution in [0.25, 0.3) is 31.2 Å². The molecule has 0 unspecified atom stereocenters. The van der Waals surface area contributed by atoms with Crippen LogP contribution in [0.2, 0.25) is 0 Å². The molecule has 0 aliphatic carbocycles. The largest absolute Gasteiger partial charge is 0.228 e. The van der Waals surface area contributed by atoms with E-state index in [1.807, 2.05) is 6.92 Å². The summed E-state index contributed by atoms with van der Waals surface area (Å²) in [5, 5.41) is 4.17. The number of thiazole rings is 2. The molecule has 134 valence electrons. The Bertz CT molecular complexity index is 1170. The standard InChI is InChI=1S/C23H20N2S2/c1-3-5-6-7-8-9-11-23-25-19-13-17-14-20-18(24-22(26-20)10-4-2)12-16(17)15-21(19)27-23/h12-15H,3,5-8H2,1-2H3. The van der Waals surface area contributed by atoms with Crippen LogP contribution in [-0.2, 0) is 0 Å². The number of rotatable bonds is 4. The van der Waals surface area contributed by atoms with Gasteiger partial charge in [0.25, 0.3) is 0 Å². The number of unbranched alkanes of at least 4 members (excludes halogenated alkanes) is 4. The highest BCUT2D eigenvalue weighted by molar-refractivity contribution is 7.19. The maximum Gasteiger partial charge on any atom is 0.168 e. The molecule has 0 aliphatic rings. The second-order valence-electron chi connectivity index (χ2n) is 6.51. The number of aromatic nitrogens is 2. The van der Waals surface area contributed by atoms with Gasteiger partial charge in [-0.1, -0.05) is 38.0 Å². The van der Waals surface area contributed by atoms with Crippen LogP contribution in [0, 0.1) is 23.7 Å². The van der Waals surface area contributed by atoms with Crippen molar-refractivity contribution in [3.8, 4) is 23.7 Å². The third kappa shape index (κ3) is 3.98. The van der Waals surface area contributed by atoms with Gasteiger partial charge in [0.05, 0.1) is 20.4 Å². The molecule has 4 rings (SSSR count). The Morgan fingerprint density at radius 2 is 1.44 bits per heavy atom. The number of hydrogen-bond donors (Lipinski definition) is 0. The maximum atomic E-state index is 4.72. The smallest absolute Gasteiger partial charge is 0.168 e. The van der Waals surface area contributed by atoms with Gasteiger partial charge in [-0.3, -0.25) is 0 Å². The molecule has 2 aromatic heterocycles. The Labute approximate surface area is 167 Å². The summed E-state index contributed by atoms with van der Waals surface area (Å²) < 4.78 is 2.35. The highest BCUT2D eigenvalue weighted by Gasteiger charge is 2.08. The van der Waals surface area contributed by atoms with Crippen molar-refractivity contribution in [2.45, 2.75) is 46.0 Å². The summed E-state index contributed by atoms with van der Waals surface area (Å²) in [5.41, 5.74) is 2.04. The maximum absolute atomic E-state index is 4.72. The molecule has 2 nitrogen and oxygen atoms in total. The van der Waals surface area contributed by atoms with Gasteiger partial charge in [-0.2, -0.15) is 0 Å². The molecule has 0 amide bonds. The van der Waals surface area contributed by atoms with E-state index in [1.54, 1.807) is 22.7 Å². The fourth-order valence-corrected chi connectivity index (χ4v) is 4.86. The summed E-state index contributed by atoms with van der Waals surface area (Å²) in [5.74, 6) is 12.5. The first kappa shape index (κ1) is 18.0. The Morgan fingerprint density at radius 3 is 2.04 bits per heavy atom. The van der Waals surface area contributed by atoms with Gasteiger partial charge >= 0.3 is 0 Å². The molecule has 4 aromatic rings. The van der Waals surface area contributed by atoms with Gasteiger partial charge in [0.15, 0.2) is 10.0 Å². The Balaban J connectivity index is 1.64. The van der Waals surface area contributed by atoms with Crippen LogP contribution in [0.5, 0.6) is 0 Å². The van der Waals surface area contributed by atoms with Crippen LogP contribution in [0.1, 0.15) is 56.0 Å². The monoisotopic (exact) mass is 388 g/mol. The number of fused-ring (bicyclic) bond motifs is 3. The number of hydrogen-bond acceptors (Lipinski definition) is 4. The van der Waals surface area contributed by atoms with E-state index < -0.39 is 0 Å². The van der Waals surface area contributed by atoms with E-state index in [9.17, 15) is 0 Å². The van der Waals surface area contributed by atoms with Crippen LogP contribution in [0.15, 0.2) is 24.3 Å². The topological polar surface area (TPSA) is 25.8 Å². The molecule has 0 aliphatic heterocycles. The lowest BCUT2D eigenvalue weighted by molar-refractivity contribution is 0.679. The van der Waals surface area contributed by atoms with Gasteiger partial charge < -0.3 is 0 Å². The van der Waals surface area contributed by atoms with Crippen molar-refractivity contribution < 1.29 is 0 Å². The average molecular weight is 389 g/mol.